The molecule has 4 heterocycles. The van der Waals surface area contributed by atoms with Gasteiger partial charge in [-0.3, -0.25) is 9.69 Å². The molecule has 0 unspecified atom stereocenters. The maximum Gasteiger partial charge on any atom is 0.250 e. The molecule has 1 aromatic heterocycles. The average molecular weight is 410 g/mol. The van der Waals surface area contributed by atoms with Gasteiger partial charge in [0.2, 0.25) is 0 Å². The Morgan fingerprint density at radius 2 is 1.72 bits per heavy atom. The molecule has 2 bridgehead atoms. The second kappa shape index (κ2) is 7.93. The molecule has 5 rings (SSSR count). The number of hydrogen-bond acceptors (Lipinski definition) is 4. The van der Waals surface area contributed by atoms with Gasteiger partial charge in [-0.1, -0.05) is 12.1 Å². The maximum absolute atomic E-state index is 12.7. The lowest BCUT2D eigenvalue weighted by Crippen LogP contribution is -2.53. The van der Waals surface area contributed by atoms with E-state index in [1.807, 2.05) is 0 Å². The van der Waals surface area contributed by atoms with Gasteiger partial charge in [0.25, 0.3) is 5.56 Å². The molecule has 5 heteroatoms. The van der Waals surface area contributed by atoms with E-state index in [1.165, 1.54) is 54.1 Å². The molecule has 4 nitrogen and oxygen atoms in total. The zero-order valence-corrected chi connectivity index (χ0v) is 18.3. The highest BCUT2D eigenvalue weighted by Crippen LogP contribution is 2.41. The average Bonchev–Trinajstić information content (AvgIpc) is 2.75. The number of hydrogen-bond donors (Lipinski definition) is 0. The molecule has 0 saturated carbocycles. The first kappa shape index (κ1) is 19.4. The van der Waals surface area contributed by atoms with Crippen LogP contribution in [0.2, 0.25) is 0 Å². The van der Waals surface area contributed by atoms with E-state index in [2.05, 4.69) is 58.0 Å². The Morgan fingerprint density at radius 1 is 0.966 bits per heavy atom. The van der Waals surface area contributed by atoms with Gasteiger partial charge in [-0.05, 0) is 75.3 Å². The number of thioether (sulfide) groups is 1. The van der Waals surface area contributed by atoms with E-state index in [0.29, 0.717) is 17.9 Å². The van der Waals surface area contributed by atoms with Crippen molar-refractivity contribution in [2.75, 3.05) is 39.5 Å². The van der Waals surface area contributed by atoms with E-state index in [9.17, 15) is 4.79 Å². The molecule has 0 spiro atoms. The molecule has 0 N–H and O–H groups in total. The molecule has 0 radical (unpaired) electrons. The van der Waals surface area contributed by atoms with Crippen molar-refractivity contribution in [3.8, 4) is 11.1 Å². The van der Waals surface area contributed by atoms with E-state index in [1.54, 1.807) is 17.8 Å². The number of pyridine rings is 1. The summed E-state index contributed by atoms with van der Waals surface area (Å²) in [4.78, 5) is 19.2. The minimum atomic E-state index is 0.173. The van der Waals surface area contributed by atoms with Crippen LogP contribution in [0.1, 0.15) is 30.9 Å². The van der Waals surface area contributed by atoms with Crippen LogP contribution < -0.4 is 5.56 Å². The molecule has 154 valence electrons. The summed E-state index contributed by atoms with van der Waals surface area (Å²) >= 11 is 1.77. The SMILES string of the molecule is CSc1ccc(-c2ccc(=O)n3c2[C@@H]2C[C@@H](CN(C4CCN(C)CC4)C2)C3)cc1. The Hall–Kier alpha value is -1.56. The fourth-order valence-corrected chi connectivity index (χ4v) is 6.13. The third kappa shape index (κ3) is 3.69. The minimum Gasteiger partial charge on any atom is -0.311 e. The second-order valence-electron chi connectivity index (χ2n) is 9.10. The fraction of sp³-hybridized carbons (Fsp3) is 0.542. The summed E-state index contributed by atoms with van der Waals surface area (Å²) in [5.41, 5.74) is 3.95. The largest absolute Gasteiger partial charge is 0.311 e. The molecule has 2 fully saturated rings. The summed E-state index contributed by atoms with van der Waals surface area (Å²) in [7, 11) is 2.23. The second-order valence-corrected chi connectivity index (χ2v) is 9.98. The predicted molar refractivity (Wildman–Crippen MR) is 121 cm³/mol. The van der Waals surface area contributed by atoms with Crippen LogP contribution in [-0.2, 0) is 6.54 Å². The predicted octanol–water partition coefficient (Wildman–Crippen LogP) is 3.75. The molecule has 0 amide bonds. The van der Waals surface area contributed by atoms with Gasteiger partial charge in [0.05, 0.1) is 0 Å². The van der Waals surface area contributed by atoms with E-state index in [-0.39, 0.29) is 5.56 Å². The molecule has 1 aromatic carbocycles. The molecule has 0 aliphatic carbocycles. The quantitative estimate of drug-likeness (QED) is 0.722. The Balaban J connectivity index is 1.49. The highest BCUT2D eigenvalue weighted by molar-refractivity contribution is 7.98. The van der Waals surface area contributed by atoms with Gasteiger partial charge in [-0.25, -0.2) is 0 Å². The van der Waals surface area contributed by atoms with Crippen molar-refractivity contribution in [3.63, 3.8) is 0 Å². The van der Waals surface area contributed by atoms with Crippen LogP contribution >= 0.6 is 11.8 Å². The Morgan fingerprint density at radius 3 is 2.45 bits per heavy atom. The highest BCUT2D eigenvalue weighted by Gasteiger charge is 2.38. The van der Waals surface area contributed by atoms with E-state index < -0.39 is 0 Å². The van der Waals surface area contributed by atoms with Crippen molar-refractivity contribution >= 4 is 11.8 Å². The topological polar surface area (TPSA) is 28.5 Å². The summed E-state index contributed by atoms with van der Waals surface area (Å²) in [6.45, 7) is 5.55. The van der Waals surface area contributed by atoms with Crippen LogP contribution in [0.4, 0.5) is 0 Å². The standard InChI is InChI=1S/C24H31N3OS/c1-25-11-9-20(10-12-25)26-14-17-13-19(16-26)24-22(7-8-23(28)27(24)15-17)18-3-5-21(29-2)6-4-18/h3-8,17,19-20H,9-16H2,1-2H3/t17-,19+/m0/s1. The normalized spacial score (nSPS) is 25.7. The van der Waals surface area contributed by atoms with Crippen LogP contribution in [0.25, 0.3) is 11.1 Å². The summed E-state index contributed by atoms with van der Waals surface area (Å²) in [5.74, 6) is 1.07. The summed E-state index contributed by atoms with van der Waals surface area (Å²) in [5, 5.41) is 0. The van der Waals surface area contributed by atoms with Gasteiger partial charge >= 0.3 is 0 Å². The number of aromatic nitrogens is 1. The van der Waals surface area contributed by atoms with Crippen molar-refractivity contribution in [2.24, 2.45) is 5.92 Å². The van der Waals surface area contributed by atoms with Crippen molar-refractivity contribution < 1.29 is 0 Å². The van der Waals surface area contributed by atoms with Gasteiger partial charge in [-0.2, -0.15) is 0 Å². The van der Waals surface area contributed by atoms with Gasteiger partial charge in [0.1, 0.15) is 0 Å². The lowest BCUT2D eigenvalue weighted by molar-refractivity contribution is 0.0519. The minimum absolute atomic E-state index is 0.173. The van der Waals surface area contributed by atoms with E-state index in [0.717, 1.165) is 19.6 Å². The maximum atomic E-state index is 12.7. The molecular formula is C24H31N3OS. The van der Waals surface area contributed by atoms with Gasteiger partial charge < -0.3 is 9.47 Å². The van der Waals surface area contributed by atoms with Crippen molar-refractivity contribution in [3.05, 3.63) is 52.4 Å². The van der Waals surface area contributed by atoms with Crippen molar-refractivity contribution in [2.45, 2.75) is 42.7 Å². The zero-order valence-electron chi connectivity index (χ0n) is 17.5. The van der Waals surface area contributed by atoms with Crippen LogP contribution in [0, 0.1) is 5.92 Å². The molecule has 3 aliphatic rings. The first-order chi connectivity index (χ1) is 14.1. The number of benzene rings is 1. The van der Waals surface area contributed by atoms with Gasteiger partial charge in [-0.15, -0.1) is 11.8 Å². The van der Waals surface area contributed by atoms with E-state index in [4.69, 9.17) is 0 Å². The molecule has 2 saturated heterocycles. The van der Waals surface area contributed by atoms with Gasteiger partial charge in [0, 0.05) is 53.8 Å². The Kier molecular flexibility index (Phi) is 5.31. The Labute approximate surface area is 177 Å². The molecular weight excluding hydrogens is 378 g/mol. The number of likely N-dealkylation sites (tertiary alicyclic amines) is 2. The molecule has 3 aliphatic heterocycles. The first-order valence-corrected chi connectivity index (χ1v) is 12.2. The zero-order chi connectivity index (χ0) is 20.0. The lowest BCUT2D eigenvalue weighted by atomic mass is 9.79. The van der Waals surface area contributed by atoms with Crippen LogP contribution in [0.15, 0.2) is 46.1 Å². The van der Waals surface area contributed by atoms with E-state index >= 15 is 0 Å². The number of piperidine rings is 2. The summed E-state index contributed by atoms with van der Waals surface area (Å²) in [6, 6.07) is 13.4. The third-order valence-electron chi connectivity index (χ3n) is 7.22. The van der Waals surface area contributed by atoms with Crippen LogP contribution in [0.5, 0.6) is 0 Å². The van der Waals surface area contributed by atoms with Crippen molar-refractivity contribution in [1.82, 2.24) is 14.4 Å². The monoisotopic (exact) mass is 409 g/mol. The Bertz CT molecular complexity index is 930. The summed E-state index contributed by atoms with van der Waals surface area (Å²) in [6.07, 6.45) is 5.89. The summed E-state index contributed by atoms with van der Waals surface area (Å²) < 4.78 is 2.10. The smallest absolute Gasteiger partial charge is 0.250 e. The molecule has 29 heavy (non-hydrogen) atoms. The molecule has 2 aromatic rings. The van der Waals surface area contributed by atoms with Crippen LogP contribution in [-0.4, -0.2) is 59.9 Å². The molecule has 2 atom stereocenters. The third-order valence-corrected chi connectivity index (χ3v) is 7.97. The first-order valence-electron chi connectivity index (χ1n) is 10.9. The highest BCUT2D eigenvalue weighted by atomic mass is 32.2. The van der Waals surface area contributed by atoms with Crippen LogP contribution in [0.3, 0.4) is 0 Å². The lowest BCUT2D eigenvalue weighted by Gasteiger charge is -2.47. The number of fused-ring (bicyclic) bond motifs is 4. The van der Waals surface area contributed by atoms with Crippen molar-refractivity contribution in [1.29, 1.82) is 0 Å². The number of nitrogens with zero attached hydrogens (tertiary/aromatic N) is 3. The fourth-order valence-electron chi connectivity index (χ4n) is 5.72. The van der Waals surface area contributed by atoms with Gasteiger partial charge in [0.15, 0.2) is 0 Å². The number of rotatable bonds is 3.